The molecule has 0 bridgehead atoms. The van der Waals surface area contributed by atoms with Crippen LogP contribution in [0.2, 0.25) is 5.02 Å². The summed E-state index contributed by atoms with van der Waals surface area (Å²) in [5.74, 6) is -1.41. The number of rotatable bonds is 2. The van der Waals surface area contributed by atoms with Gasteiger partial charge in [0.25, 0.3) is 5.91 Å². The molecule has 0 saturated carbocycles. The molecule has 0 atom stereocenters. The lowest BCUT2D eigenvalue weighted by molar-refractivity contribution is -0.142. The number of amides is 4. The van der Waals surface area contributed by atoms with E-state index in [2.05, 4.69) is 10.4 Å². The van der Waals surface area contributed by atoms with Crippen LogP contribution in [0.5, 0.6) is 0 Å². The van der Waals surface area contributed by atoms with Crippen LogP contribution in [0, 0.1) is 5.82 Å². The van der Waals surface area contributed by atoms with Crippen molar-refractivity contribution in [2.24, 2.45) is 5.73 Å². The van der Waals surface area contributed by atoms with Gasteiger partial charge in [0.1, 0.15) is 17.1 Å². The molecule has 1 saturated heterocycles. The van der Waals surface area contributed by atoms with E-state index in [1.54, 1.807) is 14.5 Å². The lowest BCUT2D eigenvalue weighted by Crippen LogP contribution is -2.71. The summed E-state index contributed by atoms with van der Waals surface area (Å²) in [4.78, 5) is 40.8. The Hall–Kier alpha value is -3.14. The summed E-state index contributed by atoms with van der Waals surface area (Å²) in [5, 5.41) is 7.52. The van der Waals surface area contributed by atoms with Gasteiger partial charge in [0.05, 0.1) is 29.4 Å². The van der Waals surface area contributed by atoms with Gasteiger partial charge in [0.2, 0.25) is 5.91 Å². The summed E-state index contributed by atoms with van der Waals surface area (Å²) in [6, 6.07) is 3.76. The standard InChI is InChI=1S/C22H26ClFN6O3/c1-12(31)29-10-22(11-29)9-28(20(33)26-21(2,3)4)8-16-17(19(25)32)18(27-30(16)22)13-5-6-15(24)14(23)7-13/h5-7H,8-11H2,1-4H3,(H2,25,32)(H,26,33). The van der Waals surface area contributed by atoms with Gasteiger partial charge in [-0.2, -0.15) is 5.10 Å². The quantitative estimate of drug-likeness (QED) is 0.692. The first-order valence-corrected chi connectivity index (χ1v) is 10.9. The molecule has 11 heteroatoms. The third-order valence-corrected chi connectivity index (χ3v) is 6.17. The maximum absolute atomic E-state index is 13.7. The van der Waals surface area contributed by atoms with Crippen molar-refractivity contribution in [1.29, 1.82) is 0 Å². The molecule has 2 aliphatic rings. The summed E-state index contributed by atoms with van der Waals surface area (Å²) in [5.41, 5.74) is 5.89. The predicted molar refractivity (Wildman–Crippen MR) is 120 cm³/mol. The lowest BCUT2D eigenvalue weighted by Gasteiger charge is -2.54. The first-order chi connectivity index (χ1) is 15.3. The minimum absolute atomic E-state index is 0.0914. The fourth-order valence-corrected chi connectivity index (χ4v) is 4.60. The Morgan fingerprint density at radius 2 is 1.82 bits per heavy atom. The summed E-state index contributed by atoms with van der Waals surface area (Å²) in [7, 11) is 0. The van der Waals surface area contributed by atoms with E-state index in [-0.39, 0.29) is 34.8 Å². The number of nitrogens with two attached hydrogens (primary N) is 1. The summed E-state index contributed by atoms with van der Waals surface area (Å²) >= 11 is 5.97. The molecule has 1 spiro atoms. The summed E-state index contributed by atoms with van der Waals surface area (Å²) in [6.45, 7) is 8.17. The maximum Gasteiger partial charge on any atom is 0.318 e. The molecule has 1 aromatic heterocycles. The van der Waals surface area contributed by atoms with E-state index in [1.807, 2.05) is 20.8 Å². The van der Waals surface area contributed by atoms with Gasteiger partial charge in [-0.15, -0.1) is 0 Å². The highest BCUT2D eigenvalue weighted by molar-refractivity contribution is 6.31. The maximum atomic E-state index is 13.7. The second-order valence-corrected chi connectivity index (χ2v) is 10.1. The average Bonchev–Trinajstić information content (AvgIpc) is 3.06. The van der Waals surface area contributed by atoms with Crippen LogP contribution in [0.1, 0.15) is 43.7 Å². The Morgan fingerprint density at radius 3 is 2.36 bits per heavy atom. The van der Waals surface area contributed by atoms with Crippen molar-refractivity contribution in [2.75, 3.05) is 19.6 Å². The highest BCUT2D eigenvalue weighted by Gasteiger charge is 2.53. The van der Waals surface area contributed by atoms with Gasteiger partial charge >= 0.3 is 6.03 Å². The number of carbonyl (C=O) groups excluding carboxylic acids is 3. The van der Waals surface area contributed by atoms with Crippen molar-refractivity contribution < 1.29 is 18.8 Å². The van der Waals surface area contributed by atoms with E-state index in [1.165, 1.54) is 25.1 Å². The number of likely N-dealkylation sites (tertiary alicyclic amines) is 1. The largest absolute Gasteiger partial charge is 0.365 e. The Balaban J connectivity index is 1.84. The fourth-order valence-electron chi connectivity index (χ4n) is 4.42. The molecule has 4 amide bonds. The van der Waals surface area contributed by atoms with E-state index in [0.717, 1.165) is 0 Å². The molecule has 2 aliphatic heterocycles. The zero-order valence-corrected chi connectivity index (χ0v) is 19.7. The molecule has 0 unspecified atom stereocenters. The van der Waals surface area contributed by atoms with Crippen LogP contribution < -0.4 is 11.1 Å². The van der Waals surface area contributed by atoms with Gasteiger partial charge in [-0.1, -0.05) is 11.6 Å². The fraction of sp³-hybridized carbons (Fsp3) is 0.455. The molecule has 4 rings (SSSR count). The van der Waals surface area contributed by atoms with Gasteiger partial charge in [0, 0.05) is 31.1 Å². The molecule has 176 valence electrons. The highest BCUT2D eigenvalue weighted by atomic mass is 35.5. The molecule has 9 nitrogen and oxygen atoms in total. The Morgan fingerprint density at radius 1 is 1.18 bits per heavy atom. The number of carbonyl (C=O) groups is 3. The van der Waals surface area contributed by atoms with E-state index in [0.29, 0.717) is 30.9 Å². The van der Waals surface area contributed by atoms with E-state index >= 15 is 0 Å². The number of hydrogen-bond donors (Lipinski definition) is 2. The number of fused-ring (bicyclic) bond motifs is 2. The molecule has 0 aliphatic carbocycles. The lowest BCUT2D eigenvalue weighted by atomic mass is 9.86. The first kappa shape index (κ1) is 23.0. The molecule has 2 aromatic rings. The normalized spacial score (nSPS) is 16.9. The van der Waals surface area contributed by atoms with Crippen molar-refractivity contribution in [3.63, 3.8) is 0 Å². The number of halogens is 2. The number of hydrogen-bond acceptors (Lipinski definition) is 4. The zero-order valence-electron chi connectivity index (χ0n) is 18.9. The molecule has 1 fully saturated rings. The Kier molecular flexibility index (Phi) is 5.39. The number of nitrogens with zero attached hydrogens (tertiary/aromatic N) is 4. The highest BCUT2D eigenvalue weighted by Crippen LogP contribution is 2.39. The summed E-state index contributed by atoms with van der Waals surface area (Å²) < 4.78 is 15.5. The molecule has 33 heavy (non-hydrogen) atoms. The van der Waals surface area contributed by atoms with E-state index in [9.17, 15) is 18.8 Å². The molecule has 3 N–H and O–H groups in total. The van der Waals surface area contributed by atoms with Crippen LogP contribution in [0.15, 0.2) is 18.2 Å². The number of urea groups is 1. The Labute approximate surface area is 195 Å². The second-order valence-electron chi connectivity index (χ2n) is 9.71. The van der Waals surface area contributed by atoms with Gasteiger partial charge in [-0.05, 0) is 39.0 Å². The topological polar surface area (TPSA) is 114 Å². The minimum atomic E-state index is -0.720. The number of nitrogens with one attached hydrogen (secondary N) is 1. The van der Waals surface area contributed by atoms with Crippen molar-refractivity contribution in [1.82, 2.24) is 24.9 Å². The Bertz CT molecular complexity index is 1170. The monoisotopic (exact) mass is 476 g/mol. The van der Waals surface area contributed by atoms with E-state index < -0.39 is 22.8 Å². The van der Waals surface area contributed by atoms with Crippen LogP contribution in [0.3, 0.4) is 0 Å². The van der Waals surface area contributed by atoms with Crippen LogP contribution in [0.25, 0.3) is 11.3 Å². The SMILES string of the molecule is CC(=O)N1CC2(C1)CN(C(=O)NC(C)(C)C)Cc1c(C(N)=O)c(-c3ccc(F)c(Cl)c3)nn12. The third kappa shape index (κ3) is 4.03. The number of benzene rings is 1. The van der Waals surface area contributed by atoms with E-state index in [4.69, 9.17) is 17.3 Å². The van der Waals surface area contributed by atoms with Gasteiger partial charge < -0.3 is 20.9 Å². The van der Waals surface area contributed by atoms with Crippen molar-refractivity contribution >= 4 is 29.4 Å². The first-order valence-electron chi connectivity index (χ1n) is 10.5. The van der Waals surface area contributed by atoms with Crippen LogP contribution in [-0.2, 0) is 16.9 Å². The molecular weight excluding hydrogens is 451 g/mol. The van der Waals surface area contributed by atoms with Crippen LogP contribution in [0.4, 0.5) is 9.18 Å². The van der Waals surface area contributed by atoms with Crippen molar-refractivity contribution in [2.45, 2.75) is 45.3 Å². The number of primary amides is 1. The molecule has 3 heterocycles. The smallest absolute Gasteiger partial charge is 0.318 e. The molecular formula is C22H26ClFN6O3. The van der Waals surface area contributed by atoms with Crippen LogP contribution >= 0.6 is 11.6 Å². The van der Waals surface area contributed by atoms with Gasteiger partial charge in [-0.3, -0.25) is 14.3 Å². The van der Waals surface area contributed by atoms with Crippen molar-refractivity contribution in [3.8, 4) is 11.3 Å². The molecule has 1 aromatic carbocycles. The third-order valence-electron chi connectivity index (χ3n) is 5.88. The van der Waals surface area contributed by atoms with Gasteiger partial charge in [-0.25, -0.2) is 9.18 Å². The predicted octanol–water partition coefficient (Wildman–Crippen LogP) is 2.32. The summed E-state index contributed by atoms with van der Waals surface area (Å²) in [6.07, 6.45) is 0. The molecule has 0 radical (unpaired) electrons. The zero-order chi connectivity index (χ0) is 24.3. The number of aromatic nitrogens is 2. The average molecular weight is 477 g/mol. The minimum Gasteiger partial charge on any atom is -0.365 e. The van der Waals surface area contributed by atoms with Crippen LogP contribution in [-0.4, -0.2) is 62.6 Å². The van der Waals surface area contributed by atoms with Crippen molar-refractivity contribution in [3.05, 3.63) is 40.3 Å². The van der Waals surface area contributed by atoms with Gasteiger partial charge in [0.15, 0.2) is 0 Å². The second kappa shape index (κ2) is 7.72.